The van der Waals surface area contributed by atoms with E-state index in [1.54, 1.807) is 0 Å². The minimum atomic E-state index is 1.15. The van der Waals surface area contributed by atoms with Gasteiger partial charge in [0.2, 0.25) is 0 Å². The van der Waals surface area contributed by atoms with Crippen molar-refractivity contribution >= 4 is 5.69 Å². The first-order valence-corrected chi connectivity index (χ1v) is 4.49. The Morgan fingerprint density at radius 1 is 1.17 bits per heavy atom. The molecule has 2 aliphatic heterocycles. The fourth-order valence-corrected chi connectivity index (χ4v) is 2.18. The lowest BCUT2D eigenvalue weighted by atomic mass is 10.1. The molecular formula is C11H11N. The Labute approximate surface area is 72.3 Å². The van der Waals surface area contributed by atoms with Crippen LogP contribution in [-0.4, -0.2) is 6.54 Å². The van der Waals surface area contributed by atoms with Crippen LogP contribution in [0.25, 0.3) is 0 Å². The van der Waals surface area contributed by atoms with Gasteiger partial charge in [0.05, 0.1) is 0 Å². The van der Waals surface area contributed by atoms with Gasteiger partial charge in [0.1, 0.15) is 0 Å². The quantitative estimate of drug-likeness (QED) is 0.558. The summed E-state index contributed by atoms with van der Waals surface area (Å²) in [6, 6.07) is 8.71. The molecule has 0 radical (unpaired) electrons. The highest BCUT2D eigenvalue weighted by Crippen LogP contribution is 2.36. The number of allylic oxidation sites excluding steroid dienone is 1. The summed E-state index contributed by atoms with van der Waals surface area (Å²) in [5.41, 5.74) is 4.43. The van der Waals surface area contributed by atoms with Crippen LogP contribution in [0.5, 0.6) is 0 Å². The first-order valence-electron chi connectivity index (χ1n) is 4.49. The summed E-state index contributed by atoms with van der Waals surface area (Å²) in [5, 5.41) is 0. The highest BCUT2D eigenvalue weighted by Gasteiger charge is 2.25. The molecule has 0 amide bonds. The Kier molecular flexibility index (Phi) is 1.12. The summed E-state index contributed by atoms with van der Waals surface area (Å²) in [6.07, 6.45) is 4.74. The van der Waals surface area contributed by atoms with Gasteiger partial charge in [-0.25, -0.2) is 0 Å². The van der Waals surface area contributed by atoms with Gasteiger partial charge >= 0.3 is 0 Å². The van der Waals surface area contributed by atoms with Gasteiger partial charge in [-0.1, -0.05) is 24.3 Å². The molecule has 0 aromatic heterocycles. The molecule has 60 valence electrons. The van der Waals surface area contributed by atoms with Crippen molar-refractivity contribution in [1.29, 1.82) is 0 Å². The molecule has 12 heavy (non-hydrogen) atoms. The van der Waals surface area contributed by atoms with Crippen molar-refractivity contribution in [3.05, 3.63) is 41.6 Å². The zero-order valence-electron chi connectivity index (χ0n) is 6.96. The average Bonchev–Trinajstić information content (AvgIpc) is 2.62. The van der Waals surface area contributed by atoms with E-state index in [0.717, 1.165) is 6.42 Å². The van der Waals surface area contributed by atoms with Gasteiger partial charge in [-0.2, -0.15) is 0 Å². The smallest absolute Gasteiger partial charge is 0.0444 e. The number of anilines is 1. The minimum Gasteiger partial charge on any atom is -0.345 e. The average molecular weight is 157 g/mol. The van der Waals surface area contributed by atoms with Crippen LogP contribution in [0.15, 0.2) is 36.0 Å². The van der Waals surface area contributed by atoms with Gasteiger partial charge in [0.15, 0.2) is 0 Å². The standard InChI is InChI=1S/C11H11N/c1-2-6-11-9(4-1)8-10-5-3-7-12(10)11/h1-2,4-6H,3,7-8H2. The summed E-state index contributed by atoms with van der Waals surface area (Å²) in [6.45, 7) is 1.19. The second kappa shape index (κ2) is 2.13. The van der Waals surface area contributed by atoms with Crippen LogP contribution in [-0.2, 0) is 6.42 Å². The molecule has 0 aliphatic carbocycles. The van der Waals surface area contributed by atoms with Crippen LogP contribution < -0.4 is 4.90 Å². The molecule has 0 fully saturated rings. The molecule has 0 atom stereocenters. The van der Waals surface area contributed by atoms with Crippen LogP contribution in [0.3, 0.4) is 0 Å². The second-order valence-electron chi connectivity index (χ2n) is 3.44. The lowest BCUT2D eigenvalue weighted by molar-refractivity contribution is 0.984. The number of benzene rings is 1. The fraction of sp³-hybridized carbons (Fsp3) is 0.273. The maximum Gasteiger partial charge on any atom is 0.0444 e. The van der Waals surface area contributed by atoms with E-state index < -0.39 is 0 Å². The first kappa shape index (κ1) is 6.30. The van der Waals surface area contributed by atoms with Crippen molar-refractivity contribution < 1.29 is 0 Å². The predicted molar refractivity (Wildman–Crippen MR) is 50.2 cm³/mol. The van der Waals surface area contributed by atoms with Crippen molar-refractivity contribution in [3.8, 4) is 0 Å². The van der Waals surface area contributed by atoms with Gasteiger partial charge in [-0.05, 0) is 18.1 Å². The highest BCUT2D eigenvalue weighted by molar-refractivity contribution is 5.66. The molecule has 0 spiro atoms. The normalized spacial score (nSPS) is 19.0. The van der Waals surface area contributed by atoms with Crippen molar-refractivity contribution in [2.24, 2.45) is 0 Å². The fourth-order valence-electron chi connectivity index (χ4n) is 2.18. The molecule has 1 aromatic carbocycles. The Morgan fingerprint density at radius 3 is 3.08 bits per heavy atom. The van der Waals surface area contributed by atoms with Gasteiger partial charge in [0, 0.05) is 24.4 Å². The van der Waals surface area contributed by atoms with Gasteiger partial charge in [-0.3, -0.25) is 0 Å². The SMILES string of the molecule is C1=C2Cc3ccccc3N2CC1. The van der Waals surface area contributed by atoms with Crippen LogP contribution in [0.2, 0.25) is 0 Å². The van der Waals surface area contributed by atoms with Crippen molar-refractivity contribution in [2.45, 2.75) is 12.8 Å². The van der Waals surface area contributed by atoms with Crippen molar-refractivity contribution in [3.63, 3.8) is 0 Å². The second-order valence-corrected chi connectivity index (χ2v) is 3.44. The summed E-state index contributed by atoms with van der Waals surface area (Å²) in [4.78, 5) is 2.44. The molecule has 1 aromatic rings. The monoisotopic (exact) mass is 157 g/mol. The molecule has 0 unspecified atom stereocenters. The molecule has 1 heteroatoms. The van der Waals surface area contributed by atoms with E-state index in [1.165, 1.54) is 29.9 Å². The number of hydrogen-bond donors (Lipinski definition) is 0. The van der Waals surface area contributed by atoms with Gasteiger partial charge in [0.25, 0.3) is 0 Å². The molecule has 1 nitrogen and oxygen atoms in total. The molecule has 2 aliphatic rings. The summed E-state index contributed by atoms with van der Waals surface area (Å²) >= 11 is 0. The molecule has 3 rings (SSSR count). The van der Waals surface area contributed by atoms with Crippen LogP contribution in [0.4, 0.5) is 5.69 Å². The molecule has 0 bridgehead atoms. The predicted octanol–water partition coefficient (Wildman–Crippen LogP) is 2.34. The van der Waals surface area contributed by atoms with E-state index in [2.05, 4.69) is 35.2 Å². The third-order valence-corrected chi connectivity index (χ3v) is 2.73. The van der Waals surface area contributed by atoms with Crippen molar-refractivity contribution in [1.82, 2.24) is 0 Å². The molecular weight excluding hydrogens is 146 g/mol. The molecule has 0 saturated carbocycles. The van der Waals surface area contributed by atoms with Crippen LogP contribution in [0, 0.1) is 0 Å². The van der Waals surface area contributed by atoms with E-state index in [4.69, 9.17) is 0 Å². The van der Waals surface area contributed by atoms with Crippen molar-refractivity contribution in [2.75, 3.05) is 11.4 Å². The third kappa shape index (κ3) is 0.685. The molecule has 2 heterocycles. The lowest BCUT2D eigenvalue weighted by Gasteiger charge is -2.14. The van der Waals surface area contributed by atoms with E-state index in [-0.39, 0.29) is 0 Å². The highest BCUT2D eigenvalue weighted by atomic mass is 15.2. The maximum atomic E-state index is 2.44. The summed E-state index contributed by atoms with van der Waals surface area (Å²) in [5.74, 6) is 0. The van der Waals surface area contributed by atoms with E-state index in [9.17, 15) is 0 Å². The van der Waals surface area contributed by atoms with E-state index >= 15 is 0 Å². The Bertz CT molecular complexity index is 352. The third-order valence-electron chi connectivity index (χ3n) is 2.73. The topological polar surface area (TPSA) is 3.24 Å². The first-order chi connectivity index (χ1) is 5.95. The Balaban J connectivity index is 2.17. The van der Waals surface area contributed by atoms with E-state index in [0.29, 0.717) is 0 Å². The summed E-state index contributed by atoms with van der Waals surface area (Å²) in [7, 11) is 0. The number of nitrogens with zero attached hydrogens (tertiary/aromatic N) is 1. The Hall–Kier alpha value is -1.24. The lowest BCUT2D eigenvalue weighted by Crippen LogP contribution is -2.13. The number of hydrogen-bond acceptors (Lipinski definition) is 1. The summed E-state index contributed by atoms with van der Waals surface area (Å²) < 4.78 is 0. The number of rotatable bonds is 0. The number of fused-ring (bicyclic) bond motifs is 3. The van der Waals surface area contributed by atoms with Crippen LogP contribution in [0.1, 0.15) is 12.0 Å². The zero-order valence-corrected chi connectivity index (χ0v) is 6.96. The van der Waals surface area contributed by atoms with Gasteiger partial charge in [-0.15, -0.1) is 0 Å². The molecule has 0 N–H and O–H groups in total. The Morgan fingerprint density at radius 2 is 2.08 bits per heavy atom. The minimum absolute atomic E-state index is 1.15. The molecule has 0 saturated heterocycles. The largest absolute Gasteiger partial charge is 0.345 e. The maximum absolute atomic E-state index is 2.44. The number of para-hydroxylation sites is 1. The van der Waals surface area contributed by atoms with Crippen LogP contribution >= 0.6 is 0 Å². The van der Waals surface area contributed by atoms with Gasteiger partial charge < -0.3 is 4.90 Å². The zero-order chi connectivity index (χ0) is 7.97. The van der Waals surface area contributed by atoms with E-state index in [1.807, 2.05) is 0 Å².